The molecular weight excluding hydrogens is 703 g/mol. The van der Waals surface area contributed by atoms with Crippen LogP contribution in [0.15, 0.2) is 200 Å². The van der Waals surface area contributed by atoms with Crippen molar-refractivity contribution in [3.63, 3.8) is 0 Å². The predicted molar refractivity (Wildman–Crippen MR) is 241 cm³/mol. The Kier molecular flexibility index (Phi) is 7.84. The molecule has 1 aliphatic carbocycles. The maximum Gasteiger partial charge on any atom is 0.160 e. The first kappa shape index (κ1) is 33.9. The second kappa shape index (κ2) is 13.4. The van der Waals surface area contributed by atoms with Gasteiger partial charge in [0, 0.05) is 38.6 Å². The molecule has 0 aliphatic heterocycles. The van der Waals surface area contributed by atoms with Crippen molar-refractivity contribution in [3.8, 4) is 73.0 Å². The Labute approximate surface area is 338 Å². The fourth-order valence-corrected chi connectivity index (χ4v) is 9.06. The average Bonchev–Trinajstić information content (AvgIpc) is 3.75. The standard InChI is InChI=1S/C55H39N3/c1-55(2)48-22-12-9-19-44(48)45-30-29-40(34-49(45)55)41-31-42(33-43(32-41)58-52-23-13-10-20-46(52)47-21-11-14-24-53(47)58)51-35-50(56-54(57-51)39-17-7-4-8-18-39)38-27-25-37(26-28-38)36-15-5-3-6-16-36/h3-35H,1-2H3. The van der Waals surface area contributed by atoms with Gasteiger partial charge in [-0.2, -0.15) is 0 Å². The molecule has 0 spiro atoms. The van der Waals surface area contributed by atoms with E-state index in [1.165, 1.54) is 60.8 Å². The van der Waals surface area contributed by atoms with E-state index in [1.54, 1.807) is 0 Å². The van der Waals surface area contributed by atoms with Gasteiger partial charge in [-0.15, -0.1) is 0 Å². The Morgan fingerprint density at radius 3 is 1.59 bits per heavy atom. The quantitative estimate of drug-likeness (QED) is 0.170. The average molecular weight is 742 g/mol. The molecule has 0 amide bonds. The van der Waals surface area contributed by atoms with E-state index in [-0.39, 0.29) is 5.41 Å². The molecule has 11 rings (SSSR count). The van der Waals surface area contributed by atoms with Crippen molar-refractivity contribution in [2.75, 3.05) is 0 Å². The molecule has 0 fully saturated rings. The van der Waals surface area contributed by atoms with E-state index in [4.69, 9.17) is 9.97 Å². The molecule has 10 aromatic rings. The van der Waals surface area contributed by atoms with Crippen LogP contribution in [0.3, 0.4) is 0 Å². The van der Waals surface area contributed by atoms with Gasteiger partial charge in [0.1, 0.15) is 0 Å². The topological polar surface area (TPSA) is 30.7 Å². The molecule has 0 bridgehead atoms. The summed E-state index contributed by atoms with van der Waals surface area (Å²) >= 11 is 0. The Morgan fingerprint density at radius 2 is 0.879 bits per heavy atom. The number of aromatic nitrogens is 3. The predicted octanol–water partition coefficient (Wildman–Crippen LogP) is 14.2. The van der Waals surface area contributed by atoms with Crippen molar-refractivity contribution in [2.45, 2.75) is 19.3 Å². The minimum absolute atomic E-state index is 0.114. The van der Waals surface area contributed by atoms with E-state index in [0.717, 1.165) is 39.3 Å². The molecule has 3 heteroatoms. The monoisotopic (exact) mass is 741 g/mol. The smallest absolute Gasteiger partial charge is 0.160 e. The van der Waals surface area contributed by atoms with E-state index < -0.39 is 0 Å². The van der Waals surface area contributed by atoms with Gasteiger partial charge in [-0.3, -0.25) is 0 Å². The van der Waals surface area contributed by atoms with E-state index in [0.29, 0.717) is 5.82 Å². The molecule has 0 saturated heterocycles. The third-order valence-electron chi connectivity index (χ3n) is 12.0. The fourth-order valence-electron chi connectivity index (χ4n) is 9.06. The summed E-state index contributed by atoms with van der Waals surface area (Å²) in [7, 11) is 0. The Bertz CT molecular complexity index is 3120. The molecule has 0 unspecified atom stereocenters. The number of rotatable bonds is 6. The summed E-state index contributed by atoms with van der Waals surface area (Å²) in [4.78, 5) is 10.5. The van der Waals surface area contributed by atoms with Crippen LogP contribution in [-0.2, 0) is 5.41 Å². The SMILES string of the molecule is CC1(C)c2ccccc2-c2ccc(-c3cc(-c4cc(-c5ccc(-c6ccccc6)cc5)nc(-c5ccccc5)n4)cc(-n4c5ccccc5c5ccccc54)c3)cc21. The lowest BCUT2D eigenvalue weighted by Crippen LogP contribution is -2.14. The number of hydrogen-bond donors (Lipinski definition) is 0. The van der Waals surface area contributed by atoms with Crippen LogP contribution in [0, 0.1) is 0 Å². The maximum atomic E-state index is 5.33. The fraction of sp³-hybridized carbons (Fsp3) is 0.0545. The second-order valence-electron chi connectivity index (χ2n) is 15.8. The minimum Gasteiger partial charge on any atom is -0.309 e. The van der Waals surface area contributed by atoms with Gasteiger partial charge in [0.05, 0.1) is 22.4 Å². The first-order valence-electron chi connectivity index (χ1n) is 20.0. The summed E-state index contributed by atoms with van der Waals surface area (Å²) in [5, 5.41) is 2.47. The maximum absolute atomic E-state index is 5.33. The number of para-hydroxylation sites is 2. The highest BCUT2D eigenvalue weighted by Crippen LogP contribution is 2.50. The lowest BCUT2D eigenvalue weighted by molar-refractivity contribution is 0.660. The van der Waals surface area contributed by atoms with Gasteiger partial charge in [-0.25, -0.2) is 9.97 Å². The van der Waals surface area contributed by atoms with Crippen LogP contribution in [0.25, 0.3) is 94.8 Å². The minimum atomic E-state index is -0.114. The van der Waals surface area contributed by atoms with Gasteiger partial charge in [0.25, 0.3) is 0 Å². The van der Waals surface area contributed by atoms with Gasteiger partial charge < -0.3 is 4.57 Å². The van der Waals surface area contributed by atoms with Crippen LogP contribution in [0.4, 0.5) is 0 Å². The number of hydrogen-bond acceptors (Lipinski definition) is 2. The van der Waals surface area contributed by atoms with Crippen molar-refractivity contribution in [1.29, 1.82) is 0 Å². The van der Waals surface area contributed by atoms with Crippen molar-refractivity contribution in [2.24, 2.45) is 0 Å². The molecular formula is C55H39N3. The highest BCUT2D eigenvalue weighted by atomic mass is 15.0. The van der Waals surface area contributed by atoms with Crippen molar-refractivity contribution >= 4 is 21.8 Å². The molecule has 3 nitrogen and oxygen atoms in total. The number of fused-ring (bicyclic) bond motifs is 6. The molecule has 2 heterocycles. The van der Waals surface area contributed by atoms with Gasteiger partial charge in [-0.1, -0.05) is 172 Å². The van der Waals surface area contributed by atoms with Gasteiger partial charge in [-0.05, 0) is 87.0 Å². The van der Waals surface area contributed by atoms with Gasteiger partial charge in [0.15, 0.2) is 5.82 Å². The molecule has 1 aliphatic rings. The van der Waals surface area contributed by atoms with Gasteiger partial charge in [0.2, 0.25) is 0 Å². The van der Waals surface area contributed by atoms with Crippen LogP contribution < -0.4 is 0 Å². The van der Waals surface area contributed by atoms with Crippen LogP contribution in [-0.4, -0.2) is 14.5 Å². The summed E-state index contributed by atoms with van der Waals surface area (Å²) < 4.78 is 2.41. The molecule has 0 saturated carbocycles. The van der Waals surface area contributed by atoms with Crippen LogP contribution >= 0.6 is 0 Å². The Morgan fingerprint density at radius 1 is 0.362 bits per heavy atom. The highest BCUT2D eigenvalue weighted by Gasteiger charge is 2.35. The third kappa shape index (κ3) is 5.58. The Balaban J connectivity index is 1.14. The largest absolute Gasteiger partial charge is 0.309 e. The zero-order valence-electron chi connectivity index (χ0n) is 32.4. The molecule has 2 aromatic heterocycles. The molecule has 0 radical (unpaired) electrons. The normalized spacial score (nSPS) is 12.8. The molecule has 0 atom stereocenters. The van der Waals surface area contributed by atoms with Gasteiger partial charge >= 0.3 is 0 Å². The first-order valence-corrected chi connectivity index (χ1v) is 20.0. The van der Waals surface area contributed by atoms with Crippen LogP contribution in [0.2, 0.25) is 0 Å². The zero-order valence-corrected chi connectivity index (χ0v) is 32.4. The van der Waals surface area contributed by atoms with E-state index in [2.05, 4.69) is 200 Å². The summed E-state index contributed by atoms with van der Waals surface area (Å²) in [6.45, 7) is 4.70. The number of nitrogens with zero attached hydrogens (tertiary/aromatic N) is 3. The van der Waals surface area contributed by atoms with Crippen LogP contribution in [0.5, 0.6) is 0 Å². The lowest BCUT2D eigenvalue weighted by atomic mass is 9.81. The summed E-state index contributed by atoms with van der Waals surface area (Å²) in [5.74, 6) is 0.695. The first-order chi connectivity index (χ1) is 28.5. The third-order valence-corrected chi connectivity index (χ3v) is 12.0. The molecule has 8 aromatic carbocycles. The summed E-state index contributed by atoms with van der Waals surface area (Å²) in [6, 6.07) is 72.0. The van der Waals surface area contributed by atoms with Crippen LogP contribution in [0.1, 0.15) is 25.0 Å². The van der Waals surface area contributed by atoms with E-state index >= 15 is 0 Å². The van der Waals surface area contributed by atoms with Crippen molar-refractivity contribution in [3.05, 3.63) is 211 Å². The number of benzene rings is 8. The van der Waals surface area contributed by atoms with Crippen molar-refractivity contribution < 1.29 is 0 Å². The highest BCUT2D eigenvalue weighted by molar-refractivity contribution is 6.09. The van der Waals surface area contributed by atoms with E-state index in [1.807, 2.05) is 18.2 Å². The molecule has 274 valence electrons. The summed E-state index contributed by atoms with van der Waals surface area (Å²) in [5.41, 5.74) is 18.2. The Hall–Kier alpha value is -7.36. The molecule has 0 N–H and O–H groups in total. The zero-order chi connectivity index (χ0) is 38.8. The lowest BCUT2D eigenvalue weighted by Gasteiger charge is -2.22. The van der Waals surface area contributed by atoms with Crippen molar-refractivity contribution in [1.82, 2.24) is 14.5 Å². The molecule has 58 heavy (non-hydrogen) atoms. The summed E-state index contributed by atoms with van der Waals surface area (Å²) in [6.07, 6.45) is 0. The van der Waals surface area contributed by atoms with E-state index in [9.17, 15) is 0 Å². The second-order valence-corrected chi connectivity index (χ2v) is 15.8.